The summed E-state index contributed by atoms with van der Waals surface area (Å²) in [7, 11) is 0. The van der Waals surface area contributed by atoms with E-state index in [1.165, 1.54) is 0 Å². The van der Waals surface area contributed by atoms with Crippen LogP contribution in [0.1, 0.15) is 37.5 Å². The van der Waals surface area contributed by atoms with Crippen molar-refractivity contribution in [3.63, 3.8) is 0 Å². The minimum Gasteiger partial charge on any atom is -0.484 e. The van der Waals surface area contributed by atoms with E-state index in [2.05, 4.69) is 14.8 Å². The Balaban J connectivity index is 1.41. The van der Waals surface area contributed by atoms with Crippen molar-refractivity contribution >= 4 is 11.8 Å². The van der Waals surface area contributed by atoms with Gasteiger partial charge >= 0.3 is 0 Å². The first-order valence-electron chi connectivity index (χ1n) is 9.78. The molecule has 8 heteroatoms. The van der Waals surface area contributed by atoms with Gasteiger partial charge in [0.05, 0.1) is 6.04 Å². The molecule has 8 nitrogen and oxygen atoms in total. The van der Waals surface area contributed by atoms with Crippen LogP contribution in [-0.4, -0.2) is 62.6 Å². The molecule has 1 saturated heterocycles. The number of hydrogen-bond donors (Lipinski definition) is 0. The van der Waals surface area contributed by atoms with Gasteiger partial charge in [-0.25, -0.2) is 0 Å². The topological polar surface area (TPSA) is 80.6 Å². The smallest absolute Gasteiger partial charge is 0.260 e. The summed E-state index contributed by atoms with van der Waals surface area (Å²) in [5.41, 5.74) is 0. The zero-order valence-corrected chi connectivity index (χ0v) is 16.1. The van der Waals surface area contributed by atoms with Crippen LogP contribution < -0.4 is 4.74 Å². The molecule has 2 aromatic rings. The Kier molecular flexibility index (Phi) is 5.27. The van der Waals surface area contributed by atoms with Gasteiger partial charge in [0.25, 0.3) is 5.91 Å². The number of para-hydroxylation sites is 1. The van der Waals surface area contributed by atoms with Crippen molar-refractivity contribution in [1.29, 1.82) is 0 Å². The highest BCUT2D eigenvalue weighted by molar-refractivity contribution is 5.77. The lowest BCUT2D eigenvalue weighted by Gasteiger charge is -2.24. The van der Waals surface area contributed by atoms with Crippen molar-refractivity contribution in [2.75, 3.05) is 26.2 Å². The second kappa shape index (κ2) is 8.00. The lowest BCUT2D eigenvalue weighted by molar-refractivity contribution is -0.133. The Morgan fingerprint density at radius 2 is 1.93 bits per heavy atom. The first kappa shape index (κ1) is 18.5. The number of benzene rings is 1. The summed E-state index contributed by atoms with van der Waals surface area (Å²) in [6.45, 7) is 4.21. The molecule has 1 aromatic heterocycles. The molecule has 0 N–H and O–H groups in total. The van der Waals surface area contributed by atoms with Gasteiger partial charge in [-0.3, -0.25) is 9.59 Å². The van der Waals surface area contributed by atoms with Gasteiger partial charge in [0, 0.05) is 39.5 Å². The molecule has 0 bridgehead atoms. The number of nitrogens with zero attached hydrogens (tertiary/aromatic N) is 5. The number of rotatable bonds is 4. The molecular formula is C20H25N5O3. The number of carbonyl (C=O) groups excluding carboxylic acids is 2. The van der Waals surface area contributed by atoms with Gasteiger partial charge in [-0.2, -0.15) is 0 Å². The maximum Gasteiger partial charge on any atom is 0.260 e. The van der Waals surface area contributed by atoms with Gasteiger partial charge < -0.3 is 19.1 Å². The first-order valence-corrected chi connectivity index (χ1v) is 9.78. The average molecular weight is 383 g/mol. The number of fused-ring (bicyclic) bond motifs is 1. The molecule has 3 heterocycles. The zero-order valence-electron chi connectivity index (χ0n) is 16.1. The summed E-state index contributed by atoms with van der Waals surface area (Å²) in [4.78, 5) is 28.2. The van der Waals surface area contributed by atoms with E-state index < -0.39 is 0 Å². The molecule has 0 aliphatic carbocycles. The van der Waals surface area contributed by atoms with Crippen LogP contribution in [0.2, 0.25) is 0 Å². The molecule has 0 saturated carbocycles. The summed E-state index contributed by atoms with van der Waals surface area (Å²) in [6.07, 6.45) is 2.54. The first-order chi connectivity index (χ1) is 13.6. The predicted molar refractivity (Wildman–Crippen MR) is 102 cm³/mol. The Labute approximate surface area is 164 Å². The highest BCUT2D eigenvalue weighted by Gasteiger charge is 2.33. The Bertz CT molecular complexity index is 851. The molecule has 148 valence electrons. The van der Waals surface area contributed by atoms with E-state index in [0.717, 1.165) is 31.0 Å². The van der Waals surface area contributed by atoms with E-state index in [0.29, 0.717) is 31.8 Å². The molecule has 2 aliphatic heterocycles. The summed E-state index contributed by atoms with van der Waals surface area (Å²) in [5, 5.41) is 8.74. The van der Waals surface area contributed by atoms with Crippen molar-refractivity contribution in [2.45, 2.75) is 38.8 Å². The third-order valence-corrected chi connectivity index (χ3v) is 5.47. The van der Waals surface area contributed by atoms with E-state index in [-0.39, 0.29) is 24.5 Å². The van der Waals surface area contributed by atoms with E-state index >= 15 is 0 Å². The molecule has 4 rings (SSSR count). The van der Waals surface area contributed by atoms with E-state index in [1.54, 1.807) is 6.92 Å². The molecule has 1 atom stereocenters. The number of likely N-dealkylation sites (tertiary alicyclic amines) is 1. The van der Waals surface area contributed by atoms with E-state index in [4.69, 9.17) is 4.74 Å². The van der Waals surface area contributed by atoms with Crippen LogP contribution in [-0.2, 0) is 22.6 Å². The third kappa shape index (κ3) is 3.72. The largest absolute Gasteiger partial charge is 0.484 e. The maximum atomic E-state index is 12.6. The molecular weight excluding hydrogens is 358 g/mol. The van der Waals surface area contributed by atoms with Crippen molar-refractivity contribution in [3.05, 3.63) is 42.0 Å². The Morgan fingerprint density at radius 3 is 2.71 bits per heavy atom. The van der Waals surface area contributed by atoms with Gasteiger partial charge in [0.15, 0.2) is 12.4 Å². The number of hydrogen-bond acceptors (Lipinski definition) is 5. The Hall–Kier alpha value is -2.90. The summed E-state index contributed by atoms with van der Waals surface area (Å²) >= 11 is 0. The SMILES string of the molecule is CC(=O)N1CCC[C@@H]1c1nnc2n1CCN(C(=O)COc1ccccc1)CC2. The number of ether oxygens (including phenoxy) is 1. The summed E-state index contributed by atoms with van der Waals surface area (Å²) in [5.74, 6) is 2.46. The van der Waals surface area contributed by atoms with Crippen LogP contribution in [0.25, 0.3) is 0 Å². The summed E-state index contributed by atoms with van der Waals surface area (Å²) in [6, 6.07) is 9.34. The van der Waals surface area contributed by atoms with Crippen LogP contribution in [0.15, 0.2) is 30.3 Å². The predicted octanol–water partition coefficient (Wildman–Crippen LogP) is 1.43. The van der Waals surface area contributed by atoms with Crippen LogP contribution >= 0.6 is 0 Å². The van der Waals surface area contributed by atoms with E-state index in [1.807, 2.05) is 40.1 Å². The molecule has 0 unspecified atom stereocenters. The molecule has 0 radical (unpaired) electrons. The van der Waals surface area contributed by atoms with Gasteiger partial charge in [-0.05, 0) is 25.0 Å². The number of aromatic nitrogens is 3. The number of amides is 2. The van der Waals surface area contributed by atoms with Gasteiger partial charge in [-0.1, -0.05) is 18.2 Å². The Morgan fingerprint density at radius 1 is 1.11 bits per heavy atom. The second-order valence-corrected chi connectivity index (χ2v) is 7.23. The van der Waals surface area contributed by atoms with Crippen LogP contribution in [0.3, 0.4) is 0 Å². The van der Waals surface area contributed by atoms with Crippen LogP contribution in [0.4, 0.5) is 0 Å². The normalized spacial score (nSPS) is 19.2. The minimum absolute atomic E-state index is 0.0117. The zero-order chi connectivity index (χ0) is 19.5. The molecule has 28 heavy (non-hydrogen) atoms. The van der Waals surface area contributed by atoms with Crippen molar-refractivity contribution in [1.82, 2.24) is 24.6 Å². The fourth-order valence-corrected chi connectivity index (χ4v) is 4.01. The van der Waals surface area contributed by atoms with Gasteiger partial charge in [0.1, 0.15) is 11.6 Å². The van der Waals surface area contributed by atoms with Crippen molar-refractivity contribution in [3.8, 4) is 5.75 Å². The van der Waals surface area contributed by atoms with Crippen LogP contribution in [0.5, 0.6) is 5.75 Å². The monoisotopic (exact) mass is 383 g/mol. The average Bonchev–Trinajstić information content (AvgIpc) is 3.29. The highest BCUT2D eigenvalue weighted by atomic mass is 16.5. The quantitative estimate of drug-likeness (QED) is 0.798. The van der Waals surface area contributed by atoms with Crippen molar-refractivity contribution < 1.29 is 14.3 Å². The van der Waals surface area contributed by atoms with Gasteiger partial charge in [-0.15, -0.1) is 10.2 Å². The lowest BCUT2D eigenvalue weighted by Crippen LogP contribution is -2.37. The van der Waals surface area contributed by atoms with E-state index in [9.17, 15) is 9.59 Å². The van der Waals surface area contributed by atoms with Crippen molar-refractivity contribution in [2.24, 2.45) is 0 Å². The standard InChI is InChI=1S/C20H25N5O3/c1-15(26)24-10-5-8-17(24)20-22-21-18-9-11-23(12-13-25(18)20)19(27)14-28-16-6-3-2-4-7-16/h2-4,6-7,17H,5,8-14H2,1H3/t17-/m1/s1. The van der Waals surface area contributed by atoms with Crippen LogP contribution in [0, 0.1) is 0 Å². The minimum atomic E-state index is -0.0321. The fourth-order valence-electron chi connectivity index (χ4n) is 4.01. The molecule has 2 aliphatic rings. The lowest BCUT2D eigenvalue weighted by atomic mass is 10.2. The molecule has 1 fully saturated rings. The fraction of sp³-hybridized carbons (Fsp3) is 0.500. The third-order valence-electron chi connectivity index (χ3n) is 5.47. The van der Waals surface area contributed by atoms with Gasteiger partial charge in [0.2, 0.25) is 5.91 Å². The molecule has 0 spiro atoms. The highest BCUT2D eigenvalue weighted by Crippen LogP contribution is 2.31. The summed E-state index contributed by atoms with van der Waals surface area (Å²) < 4.78 is 7.69. The maximum absolute atomic E-state index is 12.6. The molecule has 2 amide bonds. The molecule has 1 aromatic carbocycles. The second-order valence-electron chi connectivity index (χ2n) is 7.23. The number of carbonyl (C=O) groups is 2.